The van der Waals surface area contributed by atoms with Crippen LogP contribution in [0.4, 0.5) is 5.69 Å². The number of nitrogens with one attached hydrogen (secondary N) is 2. The van der Waals surface area contributed by atoms with Crippen LogP contribution in [-0.4, -0.2) is 49.0 Å². The van der Waals surface area contributed by atoms with E-state index >= 15 is 0 Å². The summed E-state index contributed by atoms with van der Waals surface area (Å²) >= 11 is 0. The molecule has 7 heteroatoms. The van der Waals surface area contributed by atoms with E-state index in [0.29, 0.717) is 0 Å². The molecule has 1 heterocycles. The van der Waals surface area contributed by atoms with E-state index in [9.17, 15) is 0 Å². The van der Waals surface area contributed by atoms with E-state index in [1.165, 1.54) is 11.3 Å². The van der Waals surface area contributed by atoms with Crippen molar-refractivity contribution in [3.63, 3.8) is 0 Å². The number of benzene rings is 1. The molecule has 2 rings (SSSR count). The minimum atomic E-state index is 0. The number of hydrogen-bond donors (Lipinski definition) is 2. The van der Waals surface area contributed by atoms with Gasteiger partial charge in [-0.1, -0.05) is 12.1 Å². The standard InChI is InChI=1S/C19H30N6.HI/c1-4-24(18-9-5-8-17(2)16-18)15-12-22-19(20-3)21-10-6-13-25-14-7-11-23-25;/h5,7-9,11,14,16H,4,6,10,12-13,15H2,1-3H3,(H2,20,21,22);1H. The number of rotatable bonds is 9. The first kappa shape index (κ1) is 22.3. The second-order valence-electron chi connectivity index (χ2n) is 5.97. The van der Waals surface area contributed by atoms with Crippen LogP contribution in [0.5, 0.6) is 0 Å². The lowest BCUT2D eigenvalue weighted by Crippen LogP contribution is -2.42. The number of guanidine groups is 1. The van der Waals surface area contributed by atoms with E-state index in [0.717, 1.165) is 45.1 Å². The minimum Gasteiger partial charge on any atom is -0.370 e. The van der Waals surface area contributed by atoms with Crippen LogP contribution >= 0.6 is 24.0 Å². The zero-order valence-corrected chi connectivity index (χ0v) is 18.3. The second-order valence-corrected chi connectivity index (χ2v) is 5.97. The van der Waals surface area contributed by atoms with Crippen molar-refractivity contribution < 1.29 is 0 Å². The summed E-state index contributed by atoms with van der Waals surface area (Å²) in [5.74, 6) is 0.848. The predicted octanol–water partition coefficient (Wildman–Crippen LogP) is 2.89. The van der Waals surface area contributed by atoms with Crippen molar-refractivity contribution in [3.05, 3.63) is 48.3 Å². The quantitative estimate of drug-likeness (QED) is 0.256. The Morgan fingerprint density at radius 2 is 2.04 bits per heavy atom. The van der Waals surface area contributed by atoms with E-state index in [2.05, 4.69) is 63.7 Å². The fourth-order valence-corrected chi connectivity index (χ4v) is 2.70. The van der Waals surface area contributed by atoms with Gasteiger partial charge in [0.05, 0.1) is 0 Å². The molecule has 0 atom stereocenters. The summed E-state index contributed by atoms with van der Waals surface area (Å²) in [6, 6.07) is 10.6. The van der Waals surface area contributed by atoms with Crippen molar-refractivity contribution >= 4 is 35.6 Å². The van der Waals surface area contributed by atoms with Gasteiger partial charge in [0.15, 0.2) is 5.96 Å². The van der Waals surface area contributed by atoms with Crippen LogP contribution in [0, 0.1) is 6.92 Å². The summed E-state index contributed by atoms with van der Waals surface area (Å²) in [5, 5.41) is 10.9. The van der Waals surface area contributed by atoms with Crippen molar-refractivity contribution in [2.75, 3.05) is 38.1 Å². The number of aryl methyl sites for hydroxylation is 2. The van der Waals surface area contributed by atoms with Crippen molar-refractivity contribution in [1.29, 1.82) is 0 Å². The molecule has 1 aromatic heterocycles. The molecule has 0 saturated carbocycles. The Morgan fingerprint density at radius 1 is 1.23 bits per heavy atom. The lowest BCUT2D eigenvalue weighted by molar-refractivity contribution is 0.570. The molecule has 1 aromatic carbocycles. The van der Waals surface area contributed by atoms with Gasteiger partial charge in [0.1, 0.15) is 0 Å². The van der Waals surface area contributed by atoms with Crippen molar-refractivity contribution in [3.8, 4) is 0 Å². The highest BCUT2D eigenvalue weighted by molar-refractivity contribution is 14.0. The van der Waals surface area contributed by atoms with Crippen LogP contribution in [0.1, 0.15) is 18.9 Å². The maximum atomic E-state index is 4.29. The maximum Gasteiger partial charge on any atom is 0.191 e. The maximum absolute atomic E-state index is 4.29. The highest BCUT2D eigenvalue weighted by atomic mass is 127. The fourth-order valence-electron chi connectivity index (χ4n) is 2.70. The van der Waals surface area contributed by atoms with Crippen LogP contribution in [0.2, 0.25) is 0 Å². The number of hydrogen-bond acceptors (Lipinski definition) is 3. The van der Waals surface area contributed by atoms with Gasteiger partial charge in [-0.3, -0.25) is 9.67 Å². The number of halogens is 1. The average Bonchev–Trinajstić information content (AvgIpc) is 3.14. The highest BCUT2D eigenvalue weighted by Crippen LogP contribution is 2.14. The first-order valence-electron chi connectivity index (χ1n) is 8.96. The van der Waals surface area contributed by atoms with Crippen LogP contribution in [0.15, 0.2) is 47.7 Å². The molecule has 0 unspecified atom stereocenters. The third-order valence-corrected chi connectivity index (χ3v) is 4.06. The Labute approximate surface area is 174 Å². The van der Waals surface area contributed by atoms with Crippen molar-refractivity contribution in [2.45, 2.75) is 26.8 Å². The van der Waals surface area contributed by atoms with Crippen LogP contribution in [-0.2, 0) is 6.54 Å². The Bertz CT molecular complexity index is 641. The third kappa shape index (κ3) is 7.63. The fraction of sp³-hybridized carbons (Fsp3) is 0.474. The van der Waals surface area contributed by atoms with Gasteiger partial charge in [-0.2, -0.15) is 5.10 Å². The molecule has 0 fully saturated rings. The van der Waals surface area contributed by atoms with E-state index in [-0.39, 0.29) is 24.0 Å². The topological polar surface area (TPSA) is 57.5 Å². The van der Waals surface area contributed by atoms with E-state index in [1.54, 1.807) is 7.05 Å². The molecule has 0 spiro atoms. The van der Waals surface area contributed by atoms with E-state index in [4.69, 9.17) is 0 Å². The summed E-state index contributed by atoms with van der Waals surface area (Å²) in [4.78, 5) is 6.65. The molecule has 0 radical (unpaired) electrons. The molecule has 2 aromatic rings. The van der Waals surface area contributed by atoms with E-state index < -0.39 is 0 Å². The summed E-state index contributed by atoms with van der Waals surface area (Å²) in [6.07, 6.45) is 4.80. The van der Waals surface area contributed by atoms with Crippen molar-refractivity contribution in [2.24, 2.45) is 4.99 Å². The molecule has 0 bridgehead atoms. The molecule has 2 N–H and O–H groups in total. The minimum absolute atomic E-state index is 0. The lowest BCUT2D eigenvalue weighted by atomic mass is 10.2. The average molecular weight is 470 g/mol. The molecule has 0 saturated heterocycles. The summed E-state index contributed by atoms with van der Waals surface area (Å²) < 4.78 is 1.94. The number of aliphatic imine (C=N–C) groups is 1. The monoisotopic (exact) mass is 470 g/mol. The molecule has 26 heavy (non-hydrogen) atoms. The van der Waals surface area contributed by atoms with Crippen molar-refractivity contribution in [1.82, 2.24) is 20.4 Å². The SMILES string of the molecule is CCN(CCNC(=NC)NCCCn1cccn1)c1cccc(C)c1.I. The molecule has 6 nitrogen and oxygen atoms in total. The number of likely N-dealkylation sites (N-methyl/N-ethyl adjacent to an activating group) is 1. The predicted molar refractivity (Wildman–Crippen MR) is 121 cm³/mol. The molecule has 144 valence electrons. The van der Waals surface area contributed by atoms with Gasteiger partial charge >= 0.3 is 0 Å². The zero-order valence-electron chi connectivity index (χ0n) is 16.0. The summed E-state index contributed by atoms with van der Waals surface area (Å²) in [6.45, 7) is 8.87. The molecule has 0 amide bonds. The van der Waals surface area contributed by atoms with Gasteiger partial charge < -0.3 is 15.5 Å². The largest absolute Gasteiger partial charge is 0.370 e. The van der Waals surface area contributed by atoms with Crippen LogP contribution in [0.3, 0.4) is 0 Å². The number of aromatic nitrogens is 2. The van der Waals surface area contributed by atoms with E-state index in [1.807, 2.05) is 23.1 Å². The first-order valence-corrected chi connectivity index (χ1v) is 8.96. The Balaban J connectivity index is 0.00000338. The Morgan fingerprint density at radius 3 is 2.69 bits per heavy atom. The Kier molecular flexibility index (Phi) is 10.8. The molecule has 0 aliphatic carbocycles. The van der Waals surface area contributed by atoms with Gasteiger partial charge in [0.2, 0.25) is 0 Å². The molecule has 0 aliphatic heterocycles. The van der Waals surface area contributed by atoms with Gasteiger partial charge in [0.25, 0.3) is 0 Å². The Hall–Kier alpha value is -1.77. The lowest BCUT2D eigenvalue weighted by Gasteiger charge is -2.24. The normalized spacial score (nSPS) is 11.0. The zero-order chi connectivity index (χ0) is 17.9. The van der Waals surface area contributed by atoms with Gasteiger partial charge in [-0.25, -0.2) is 0 Å². The highest BCUT2D eigenvalue weighted by Gasteiger charge is 2.05. The first-order chi connectivity index (χ1) is 12.2. The molecule has 0 aliphatic rings. The number of nitrogens with zero attached hydrogens (tertiary/aromatic N) is 4. The van der Waals surface area contributed by atoms with Crippen LogP contribution in [0.25, 0.3) is 0 Å². The third-order valence-electron chi connectivity index (χ3n) is 4.06. The van der Waals surface area contributed by atoms with Crippen LogP contribution < -0.4 is 15.5 Å². The van der Waals surface area contributed by atoms with Gasteiger partial charge in [0, 0.05) is 57.9 Å². The smallest absolute Gasteiger partial charge is 0.191 e. The molecular formula is C19H31IN6. The summed E-state index contributed by atoms with van der Waals surface area (Å²) in [5.41, 5.74) is 2.56. The van der Waals surface area contributed by atoms with Gasteiger partial charge in [-0.05, 0) is 44.0 Å². The molecular weight excluding hydrogens is 439 g/mol. The second kappa shape index (κ2) is 12.6. The van der Waals surface area contributed by atoms with Gasteiger partial charge in [-0.15, -0.1) is 24.0 Å². The number of anilines is 1. The summed E-state index contributed by atoms with van der Waals surface area (Å²) in [7, 11) is 1.81.